The summed E-state index contributed by atoms with van der Waals surface area (Å²) < 4.78 is 5.68. The zero-order valence-electron chi connectivity index (χ0n) is 17.7. The van der Waals surface area contributed by atoms with Crippen molar-refractivity contribution in [3.8, 4) is 5.75 Å². The molecule has 2 atom stereocenters. The molecule has 5 nitrogen and oxygen atoms in total. The summed E-state index contributed by atoms with van der Waals surface area (Å²) in [6.45, 7) is 8.21. The molecule has 2 unspecified atom stereocenters. The fourth-order valence-electron chi connectivity index (χ4n) is 4.09. The molecule has 2 aromatic rings. The van der Waals surface area contributed by atoms with Crippen molar-refractivity contribution in [1.82, 2.24) is 4.90 Å². The Hall–Kier alpha value is -2.82. The second-order valence-electron chi connectivity index (χ2n) is 8.07. The van der Waals surface area contributed by atoms with Gasteiger partial charge in [0.2, 0.25) is 0 Å². The first-order valence-corrected chi connectivity index (χ1v) is 10.3. The average Bonchev–Trinajstić information content (AvgIpc) is 2.66. The van der Waals surface area contributed by atoms with E-state index in [0.717, 1.165) is 29.7 Å². The monoisotopic (exact) mass is 394 g/mol. The maximum Gasteiger partial charge on any atom is 0.260 e. The molecule has 0 aromatic heterocycles. The molecular formula is C24H30N2O3. The normalized spacial score (nSPS) is 19.0. The second-order valence-corrected chi connectivity index (χ2v) is 8.07. The number of nitrogens with zero attached hydrogens (tertiary/aromatic N) is 1. The van der Waals surface area contributed by atoms with Crippen LogP contribution in [-0.2, 0) is 4.79 Å². The quantitative estimate of drug-likeness (QED) is 0.798. The predicted molar refractivity (Wildman–Crippen MR) is 115 cm³/mol. The predicted octanol–water partition coefficient (Wildman–Crippen LogP) is 4.72. The number of benzene rings is 2. The number of piperidine rings is 1. The molecule has 1 N–H and O–H groups in total. The number of carbonyl (C=O) groups is 2. The van der Waals surface area contributed by atoms with E-state index in [-0.39, 0.29) is 30.5 Å². The van der Waals surface area contributed by atoms with E-state index in [2.05, 4.69) is 25.2 Å². The number of carbonyl (C=O) groups excluding carboxylic acids is 2. The Balaban J connectivity index is 1.57. The maximum atomic E-state index is 12.6. The number of amides is 2. The van der Waals surface area contributed by atoms with E-state index in [0.29, 0.717) is 11.3 Å². The van der Waals surface area contributed by atoms with Crippen LogP contribution in [0.2, 0.25) is 0 Å². The van der Waals surface area contributed by atoms with Crippen molar-refractivity contribution in [3.05, 3.63) is 59.2 Å². The molecule has 2 amide bonds. The van der Waals surface area contributed by atoms with Gasteiger partial charge in [-0.3, -0.25) is 9.59 Å². The van der Waals surface area contributed by atoms with Crippen molar-refractivity contribution in [3.63, 3.8) is 0 Å². The molecule has 29 heavy (non-hydrogen) atoms. The van der Waals surface area contributed by atoms with Gasteiger partial charge in [0.15, 0.2) is 6.61 Å². The molecule has 3 rings (SSSR count). The maximum absolute atomic E-state index is 12.6. The van der Waals surface area contributed by atoms with Gasteiger partial charge in [-0.1, -0.05) is 6.07 Å². The number of aryl methyl sites for hydroxylation is 2. The lowest BCUT2D eigenvalue weighted by Crippen LogP contribution is -2.49. The summed E-state index contributed by atoms with van der Waals surface area (Å²) in [6, 6.07) is 13.3. The third kappa shape index (κ3) is 5.37. The molecule has 5 heteroatoms. The van der Waals surface area contributed by atoms with Crippen LogP contribution in [0.25, 0.3) is 0 Å². The highest BCUT2D eigenvalue weighted by Gasteiger charge is 2.28. The van der Waals surface area contributed by atoms with Gasteiger partial charge in [-0.15, -0.1) is 0 Å². The first kappa shape index (κ1) is 20.9. The van der Waals surface area contributed by atoms with Gasteiger partial charge < -0.3 is 15.0 Å². The van der Waals surface area contributed by atoms with Crippen LogP contribution in [0.1, 0.15) is 54.6 Å². The Morgan fingerprint density at radius 1 is 1.00 bits per heavy atom. The second kappa shape index (κ2) is 9.12. The Labute approximate surface area is 173 Å². The van der Waals surface area contributed by atoms with Gasteiger partial charge in [-0.2, -0.15) is 0 Å². The fourth-order valence-corrected chi connectivity index (χ4v) is 4.09. The summed E-state index contributed by atoms with van der Waals surface area (Å²) >= 11 is 0. The molecule has 154 valence electrons. The summed E-state index contributed by atoms with van der Waals surface area (Å²) in [5, 5.41) is 2.92. The molecule has 0 bridgehead atoms. The van der Waals surface area contributed by atoms with Crippen molar-refractivity contribution in [2.75, 3.05) is 11.9 Å². The molecule has 1 heterocycles. The highest BCUT2D eigenvalue weighted by atomic mass is 16.5. The first-order chi connectivity index (χ1) is 13.8. The van der Waals surface area contributed by atoms with E-state index in [1.807, 2.05) is 30.9 Å². The zero-order chi connectivity index (χ0) is 21.0. The number of anilines is 1. The van der Waals surface area contributed by atoms with Gasteiger partial charge in [0.05, 0.1) is 0 Å². The third-order valence-electron chi connectivity index (χ3n) is 5.44. The number of ether oxygens (including phenoxy) is 1. The minimum Gasteiger partial charge on any atom is -0.484 e. The molecule has 1 saturated heterocycles. The van der Waals surface area contributed by atoms with Gasteiger partial charge in [-0.25, -0.2) is 0 Å². The van der Waals surface area contributed by atoms with Crippen molar-refractivity contribution in [2.24, 2.45) is 0 Å². The number of hydrogen-bond donors (Lipinski definition) is 1. The van der Waals surface area contributed by atoms with Crippen LogP contribution < -0.4 is 10.1 Å². The van der Waals surface area contributed by atoms with Crippen molar-refractivity contribution >= 4 is 17.5 Å². The molecular weight excluding hydrogens is 364 g/mol. The molecule has 1 aliphatic rings. The highest BCUT2D eigenvalue weighted by molar-refractivity contribution is 6.04. The summed E-state index contributed by atoms with van der Waals surface area (Å²) in [6.07, 6.45) is 3.25. The van der Waals surface area contributed by atoms with Crippen LogP contribution in [0.3, 0.4) is 0 Å². The first-order valence-electron chi connectivity index (χ1n) is 10.3. The van der Waals surface area contributed by atoms with Crippen LogP contribution in [0.5, 0.6) is 5.75 Å². The lowest BCUT2D eigenvalue weighted by Gasteiger charge is -2.38. The largest absolute Gasteiger partial charge is 0.484 e. The Bertz CT molecular complexity index is 846. The smallest absolute Gasteiger partial charge is 0.260 e. The molecule has 2 aromatic carbocycles. The van der Waals surface area contributed by atoms with E-state index in [4.69, 9.17) is 4.74 Å². The minimum absolute atomic E-state index is 0.0151. The summed E-state index contributed by atoms with van der Waals surface area (Å²) in [7, 11) is 0. The van der Waals surface area contributed by atoms with Gasteiger partial charge in [-0.05, 0) is 94.5 Å². The van der Waals surface area contributed by atoms with Gasteiger partial charge >= 0.3 is 0 Å². The van der Waals surface area contributed by atoms with E-state index in [1.54, 1.807) is 24.3 Å². The van der Waals surface area contributed by atoms with Crippen LogP contribution in [0.15, 0.2) is 42.5 Å². The van der Waals surface area contributed by atoms with E-state index in [9.17, 15) is 9.59 Å². The van der Waals surface area contributed by atoms with Crippen LogP contribution in [0, 0.1) is 13.8 Å². The van der Waals surface area contributed by atoms with Crippen molar-refractivity contribution < 1.29 is 14.3 Å². The van der Waals surface area contributed by atoms with E-state index >= 15 is 0 Å². The molecule has 0 spiro atoms. The van der Waals surface area contributed by atoms with E-state index in [1.165, 1.54) is 6.42 Å². The van der Waals surface area contributed by atoms with Crippen LogP contribution in [-0.4, -0.2) is 35.4 Å². The topological polar surface area (TPSA) is 58.6 Å². The summed E-state index contributed by atoms with van der Waals surface area (Å²) in [5.41, 5.74) is 3.53. The zero-order valence-corrected chi connectivity index (χ0v) is 17.7. The number of nitrogens with one attached hydrogen (secondary N) is 1. The minimum atomic E-state index is -0.173. The van der Waals surface area contributed by atoms with Crippen molar-refractivity contribution in [1.29, 1.82) is 0 Å². The summed E-state index contributed by atoms with van der Waals surface area (Å²) in [4.78, 5) is 27.0. The molecule has 0 radical (unpaired) electrons. The molecule has 1 fully saturated rings. The lowest BCUT2D eigenvalue weighted by molar-refractivity contribution is -0.139. The van der Waals surface area contributed by atoms with E-state index < -0.39 is 0 Å². The Morgan fingerprint density at radius 3 is 2.17 bits per heavy atom. The number of rotatable bonds is 5. The Morgan fingerprint density at radius 2 is 1.59 bits per heavy atom. The molecule has 1 aliphatic heterocycles. The van der Waals surface area contributed by atoms with Crippen LogP contribution >= 0.6 is 0 Å². The molecule has 0 saturated carbocycles. The lowest BCUT2D eigenvalue weighted by atomic mass is 9.97. The van der Waals surface area contributed by atoms with Gasteiger partial charge in [0.25, 0.3) is 11.8 Å². The Kier molecular flexibility index (Phi) is 6.57. The van der Waals surface area contributed by atoms with Crippen molar-refractivity contribution in [2.45, 2.75) is 59.0 Å². The average molecular weight is 395 g/mol. The van der Waals surface area contributed by atoms with Crippen LogP contribution in [0.4, 0.5) is 5.69 Å². The van der Waals surface area contributed by atoms with Gasteiger partial charge in [0, 0.05) is 23.3 Å². The molecule has 0 aliphatic carbocycles. The SMILES string of the molecule is Cc1cc(C)cc(NC(=O)c2ccc(OCC(=O)N3C(C)CCCC3C)cc2)c1. The summed E-state index contributed by atoms with van der Waals surface area (Å²) in [5.74, 6) is 0.425. The third-order valence-corrected chi connectivity index (χ3v) is 5.44. The van der Waals surface area contributed by atoms with Gasteiger partial charge in [0.1, 0.15) is 5.75 Å². The number of likely N-dealkylation sites (tertiary alicyclic amines) is 1. The standard InChI is InChI=1S/C24H30N2O3/c1-16-12-17(2)14-21(13-16)25-24(28)20-8-10-22(11-9-20)29-15-23(27)26-18(3)6-5-7-19(26)4/h8-14,18-19H,5-7,15H2,1-4H3,(H,25,28). The number of hydrogen-bond acceptors (Lipinski definition) is 3. The highest BCUT2D eigenvalue weighted by Crippen LogP contribution is 2.23. The fraction of sp³-hybridized carbons (Fsp3) is 0.417.